The molecule has 2 aromatic carbocycles. The molecule has 1 saturated carbocycles. The first-order valence-electron chi connectivity index (χ1n) is 11.4. The van der Waals surface area contributed by atoms with Crippen molar-refractivity contribution >= 4 is 61.0 Å². The molecule has 0 spiro atoms. The second-order valence-corrected chi connectivity index (χ2v) is 11.0. The monoisotopic (exact) mass is 600 g/mol. The highest BCUT2D eigenvalue weighted by atomic mass is 79.9. The highest BCUT2D eigenvalue weighted by molar-refractivity contribution is 9.10. The van der Waals surface area contributed by atoms with Crippen molar-refractivity contribution in [3.63, 3.8) is 0 Å². The van der Waals surface area contributed by atoms with Gasteiger partial charge in [-0.2, -0.15) is 0 Å². The Balaban J connectivity index is 1.68. The maximum Gasteiger partial charge on any atom is 0.404 e. The van der Waals surface area contributed by atoms with Crippen LogP contribution >= 0.6 is 38.9 Å². The third-order valence-corrected chi connectivity index (χ3v) is 8.69. The lowest BCUT2D eigenvalue weighted by Crippen LogP contribution is -2.43. The average Bonchev–Trinajstić information content (AvgIpc) is 3.22. The molecule has 1 aliphatic carbocycles. The lowest BCUT2D eigenvalue weighted by atomic mass is 9.85. The van der Waals surface area contributed by atoms with Crippen molar-refractivity contribution in [3.05, 3.63) is 61.9 Å². The molecule has 192 valence electrons. The van der Waals surface area contributed by atoms with Crippen LogP contribution in [-0.4, -0.2) is 41.7 Å². The van der Waals surface area contributed by atoms with Crippen molar-refractivity contribution in [2.45, 2.75) is 38.3 Å². The summed E-state index contributed by atoms with van der Waals surface area (Å²) in [6.07, 6.45) is 1.70. The largest absolute Gasteiger partial charge is 0.496 e. The molecule has 3 aromatic rings. The summed E-state index contributed by atoms with van der Waals surface area (Å²) in [5.74, 6) is -0.947. The van der Waals surface area contributed by atoms with Crippen molar-refractivity contribution in [2.24, 2.45) is 5.92 Å². The van der Waals surface area contributed by atoms with E-state index in [9.17, 15) is 18.4 Å². The molecule has 1 heterocycles. The standard InChI is InChI=1S/C25H24BrClF2N2O4S/c1-35-19-9-4-15(26)10-14(19)12-31(16-5-2-13(3-6-16)11-30-25(33)34)24(32)23-21(27)20-17(28)7-8-18(29)22(20)36-23/h4,7-10,13,16,30H,2-3,5-6,11-12H2,1H3,(H,33,34). The number of benzene rings is 2. The molecule has 0 unspecified atom stereocenters. The number of fused-ring (bicyclic) bond motifs is 1. The van der Waals surface area contributed by atoms with E-state index in [0.717, 1.165) is 46.3 Å². The van der Waals surface area contributed by atoms with Crippen molar-refractivity contribution in [3.8, 4) is 5.75 Å². The van der Waals surface area contributed by atoms with Gasteiger partial charge in [-0.15, -0.1) is 11.3 Å². The maximum atomic E-state index is 14.5. The van der Waals surface area contributed by atoms with Gasteiger partial charge in [0.2, 0.25) is 0 Å². The number of nitrogens with zero attached hydrogens (tertiary/aromatic N) is 1. The topological polar surface area (TPSA) is 78.9 Å². The van der Waals surface area contributed by atoms with E-state index in [2.05, 4.69) is 21.2 Å². The minimum absolute atomic E-state index is 0.00629. The first kappa shape index (κ1) is 26.6. The average molecular weight is 602 g/mol. The zero-order valence-electron chi connectivity index (χ0n) is 19.3. The van der Waals surface area contributed by atoms with Crippen LogP contribution < -0.4 is 10.1 Å². The van der Waals surface area contributed by atoms with Crippen LogP contribution in [-0.2, 0) is 6.54 Å². The molecular weight excluding hydrogens is 578 g/mol. The number of rotatable bonds is 7. The Morgan fingerprint density at radius 3 is 2.53 bits per heavy atom. The Hall–Kier alpha value is -2.43. The van der Waals surface area contributed by atoms with Crippen molar-refractivity contribution in [1.82, 2.24) is 10.2 Å². The van der Waals surface area contributed by atoms with Crippen LogP contribution in [0.15, 0.2) is 34.8 Å². The quantitative estimate of drug-likeness (QED) is 0.304. The third kappa shape index (κ3) is 5.60. The van der Waals surface area contributed by atoms with E-state index in [1.165, 1.54) is 0 Å². The first-order valence-corrected chi connectivity index (χ1v) is 13.3. The predicted molar refractivity (Wildman–Crippen MR) is 139 cm³/mol. The molecule has 2 amide bonds. The Morgan fingerprint density at radius 2 is 1.89 bits per heavy atom. The molecule has 0 atom stereocenters. The van der Waals surface area contributed by atoms with Crippen LogP contribution in [0.25, 0.3) is 10.1 Å². The Bertz CT molecular complexity index is 1300. The number of thiophene rings is 1. The van der Waals surface area contributed by atoms with Gasteiger partial charge in [0.15, 0.2) is 0 Å². The fourth-order valence-electron chi connectivity index (χ4n) is 4.68. The summed E-state index contributed by atoms with van der Waals surface area (Å²) >= 11 is 10.8. The molecule has 11 heteroatoms. The summed E-state index contributed by atoms with van der Waals surface area (Å²) < 4.78 is 35.2. The lowest BCUT2D eigenvalue weighted by molar-refractivity contribution is 0.0592. The fourth-order valence-corrected chi connectivity index (χ4v) is 6.59. The van der Waals surface area contributed by atoms with E-state index in [4.69, 9.17) is 21.4 Å². The van der Waals surface area contributed by atoms with Gasteiger partial charge in [0.25, 0.3) is 5.91 Å². The van der Waals surface area contributed by atoms with Gasteiger partial charge < -0.3 is 20.1 Å². The molecule has 6 nitrogen and oxygen atoms in total. The first-order chi connectivity index (χ1) is 17.2. The van der Waals surface area contributed by atoms with E-state index < -0.39 is 23.6 Å². The van der Waals surface area contributed by atoms with E-state index in [1.54, 1.807) is 18.1 Å². The molecule has 36 heavy (non-hydrogen) atoms. The van der Waals surface area contributed by atoms with Gasteiger partial charge >= 0.3 is 6.09 Å². The second kappa shape index (κ2) is 11.3. The van der Waals surface area contributed by atoms with Crippen LogP contribution in [0.4, 0.5) is 13.6 Å². The van der Waals surface area contributed by atoms with Gasteiger partial charge in [-0.05, 0) is 61.9 Å². The zero-order valence-corrected chi connectivity index (χ0v) is 22.5. The smallest absolute Gasteiger partial charge is 0.404 e. The van der Waals surface area contributed by atoms with Crippen LogP contribution in [0.3, 0.4) is 0 Å². The molecule has 0 saturated heterocycles. The minimum atomic E-state index is -1.06. The number of ether oxygens (including phenoxy) is 1. The number of halogens is 4. The van der Waals surface area contributed by atoms with Crippen LogP contribution in [0.2, 0.25) is 5.02 Å². The molecule has 4 rings (SSSR count). The number of carbonyl (C=O) groups excluding carboxylic acids is 1. The van der Waals surface area contributed by atoms with E-state index in [-0.39, 0.29) is 38.5 Å². The van der Waals surface area contributed by atoms with Crippen LogP contribution in [0, 0.1) is 17.6 Å². The summed E-state index contributed by atoms with van der Waals surface area (Å²) in [5.41, 5.74) is 0.768. The van der Waals surface area contributed by atoms with E-state index >= 15 is 0 Å². The zero-order chi connectivity index (χ0) is 26.0. The molecule has 0 bridgehead atoms. The molecule has 1 aromatic heterocycles. The molecule has 0 aliphatic heterocycles. The van der Waals surface area contributed by atoms with Crippen molar-refractivity contribution in [1.29, 1.82) is 0 Å². The van der Waals surface area contributed by atoms with Gasteiger partial charge in [0, 0.05) is 29.2 Å². The minimum Gasteiger partial charge on any atom is -0.496 e. The summed E-state index contributed by atoms with van der Waals surface area (Å²) in [7, 11) is 1.55. The molecule has 0 radical (unpaired) electrons. The number of carboxylic acid groups (broad SMARTS) is 1. The van der Waals surface area contributed by atoms with Crippen LogP contribution in [0.1, 0.15) is 40.9 Å². The molecule has 1 fully saturated rings. The highest BCUT2D eigenvalue weighted by Gasteiger charge is 2.33. The predicted octanol–water partition coefficient (Wildman–Crippen LogP) is 7.07. The Labute approximate surface area is 224 Å². The normalized spacial score (nSPS) is 17.7. The fraction of sp³-hybridized carbons (Fsp3) is 0.360. The summed E-state index contributed by atoms with van der Waals surface area (Å²) in [6, 6.07) is 7.36. The Morgan fingerprint density at radius 1 is 1.19 bits per heavy atom. The van der Waals surface area contributed by atoms with Crippen molar-refractivity contribution < 1.29 is 28.2 Å². The maximum absolute atomic E-state index is 14.5. The second-order valence-electron chi connectivity index (χ2n) is 8.73. The highest BCUT2D eigenvalue weighted by Crippen LogP contribution is 2.40. The number of carbonyl (C=O) groups is 2. The van der Waals surface area contributed by atoms with Gasteiger partial charge in [0.1, 0.15) is 22.3 Å². The number of nitrogens with one attached hydrogen (secondary N) is 1. The molecular formula is C25H24BrClF2N2O4S. The van der Waals surface area contributed by atoms with Gasteiger partial charge in [-0.1, -0.05) is 27.5 Å². The van der Waals surface area contributed by atoms with E-state index in [1.807, 2.05) is 12.1 Å². The summed E-state index contributed by atoms with van der Waals surface area (Å²) in [4.78, 5) is 26.5. The number of hydrogen-bond donors (Lipinski definition) is 2. The van der Waals surface area contributed by atoms with E-state index in [0.29, 0.717) is 25.1 Å². The van der Waals surface area contributed by atoms with Gasteiger partial charge in [-0.3, -0.25) is 4.79 Å². The van der Waals surface area contributed by atoms with Gasteiger partial charge in [0.05, 0.1) is 22.2 Å². The molecule has 2 N–H and O–H groups in total. The van der Waals surface area contributed by atoms with Gasteiger partial charge in [-0.25, -0.2) is 13.6 Å². The number of methoxy groups -OCH3 is 1. The molecule has 1 aliphatic rings. The lowest BCUT2D eigenvalue weighted by Gasteiger charge is -2.37. The number of amides is 2. The number of hydrogen-bond acceptors (Lipinski definition) is 4. The van der Waals surface area contributed by atoms with Crippen LogP contribution in [0.5, 0.6) is 5.75 Å². The Kier molecular flexibility index (Phi) is 8.37. The third-order valence-electron chi connectivity index (χ3n) is 6.52. The summed E-state index contributed by atoms with van der Waals surface area (Å²) in [5, 5.41) is 11.1. The summed E-state index contributed by atoms with van der Waals surface area (Å²) in [6.45, 7) is 0.565. The van der Waals surface area contributed by atoms with Crippen molar-refractivity contribution in [2.75, 3.05) is 13.7 Å². The SMILES string of the molecule is COc1ccc(Br)cc1CN(C(=O)c1sc2c(F)ccc(F)c2c1Cl)C1CCC(CNC(=O)O)CC1.